The molecule has 1 amide bonds. The van der Waals surface area contributed by atoms with Crippen molar-refractivity contribution in [1.82, 2.24) is 0 Å². The van der Waals surface area contributed by atoms with Crippen molar-refractivity contribution in [2.24, 2.45) is 10.7 Å². The number of amidine groups is 1. The van der Waals surface area contributed by atoms with Crippen LogP contribution in [0.3, 0.4) is 0 Å². The van der Waals surface area contributed by atoms with Crippen LogP contribution in [-0.4, -0.2) is 24.2 Å². The van der Waals surface area contributed by atoms with E-state index < -0.39 is 0 Å². The average molecular weight is 254 g/mol. The molecule has 5 nitrogen and oxygen atoms in total. The van der Waals surface area contributed by atoms with Crippen LogP contribution in [0.5, 0.6) is 5.75 Å². The van der Waals surface area contributed by atoms with Gasteiger partial charge in [-0.3, -0.25) is 4.79 Å². The van der Waals surface area contributed by atoms with E-state index in [1.807, 2.05) is 13.0 Å². The normalized spacial score (nSPS) is 14.9. The van der Waals surface area contributed by atoms with Gasteiger partial charge in [-0.15, -0.1) is 11.6 Å². The lowest BCUT2D eigenvalue weighted by Gasteiger charge is -2.20. The molecular formula is C11H12ClN3O2. The van der Waals surface area contributed by atoms with Gasteiger partial charge < -0.3 is 15.8 Å². The molecule has 0 aliphatic carbocycles. The second-order valence-electron chi connectivity index (χ2n) is 3.71. The average Bonchev–Trinajstić information content (AvgIpc) is 2.28. The van der Waals surface area contributed by atoms with E-state index in [9.17, 15) is 4.79 Å². The number of ether oxygens (including phenoxy) is 1. The first-order valence-corrected chi connectivity index (χ1v) is 5.60. The van der Waals surface area contributed by atoms with Gasteiger partial charge in [0.25, 0.3) is 5.91 Å². The molecule has 2 rings (SSSR count). The standard InChI is InChI=1S/C11H12ClN3O2/c1-6-2-7(14-9(13)4-12)3-8-11(6)17-5-10(16)15-8/h2-3H,4-5H2,1H3,(H2,13,14)(H,15,16). The molecule has 1 aromatic carbocycles. The molecule has 0 saturated heterocycles. The van der Waals surface area contributed by atoms with Gasteiger partial charge in [-0.1, -0.05) is 0 Å². The molecule has 0 spiro atoms. The minimum atomic E-state index is -0.177. The summed E-state index contributed by atoms with van der Waals surface area (Å²) in [7, 11) is 0. The summed E-state index contributed by atoms with van der Waals surface area (Å²) in [5.41, 5.74) is 7.71. The summed E-state index contributed by atoms with van der Waals surface area (Å²) in [6.45, 7) is 1.92. The molecule has 1 aliphatic heterocycles. The van der Waals surface area contributed by atoms with Crippen LogP contribution in [0.1, 0.15) is 5.56 Å². The lowest BCUT2D eigenvalue weighted by molar-refractivity contribution is -0.118. The van der Waals surface area contributed by atoms with Gasteiger partial charge in [0.2, 0.25) is 0 Å². The van der Waals surface area contributed by atoms with Crippen LogP contribution in [0.15, 0.2) is 17.1 Å². The SMILES string of the molecule is Cc1cc(N=C(N)CCl)cc2c1OCC(=O)N2. The van der Waals surface area contributed by atoms with E-state index >= 15 is 0 Å². The Hall–Kier alpha value is -1.75. The van der Waals surface area contributed by atoms with Crippen LogP contribution in [0.4, 0.5) is 11.4 Å². The number of nitrogens with two attached hydrogens (primary N) is 1. The third kappa shape index (κ3) is 2.50. The van der Waals surface area contributed by atoms with E-state index in [1.165, 1.54) is 0 Å². The zero-order valence-electron chi connectivity index (χ0n) is 9.29. The molecular weight excluding hydrogens is 242 g/mol. The molecule has 0 saturated carbocycles. The summed E-state index contributed by atoms with van der Waals surface area (Å²) in [6.07, 6.45) is 0. The van der Waals surface area contributed by atoms with Gasteiger partial charge in [-0.05, 0) is 24.6 Å². The highest BCUT2D eigenvalue weighted by atomic mass is 35.5. The van der Waals surface area contributed by atoms with Crippen molar-refractivity contribution in [2.45, 2.75) is 6.92 Å². The second-order valence-corrected chi connectivity index (χ2v) is 3.98. The Morgan fingerprint density at radius 1 is 1.65 bits per heavy atom. The Labute approximate surface area is 104 Å². The summed E-state index contributed by atoms with van der Waals surface area (Å²) in [5, 5.41) is 2.73. The van der Waals surface area contributed by atoms with Crippen molar-refractivity contribution in [1.29, 1.82) is 0 Å². The first kappa shape index (κ1) is 11.7. The number of anilines is 1. The maximum Gasteiger partial charge on any atom is 0.262 e. The van der Waals surface area contributed by atoms with E-state index in [1.54, 1.807) is 6.07 Å². The van der Waals surface area contributed by atoms with Gasteiger partial charge in [-0.2, -0.15) is 0 Å². The number of hydrogen-bond donors (Lipinski definition) is 2. The molecule has 90 valence electrons. The molecule has 1 aliphatic rings. The highest BCUT2D eigenvalue weighted by Gasteiger charge is 2.18. The number of rotatable bonds is 2. The molecule has 6 heteroatoms. The monoisotopic (exact) mass is 253 g/mol. The molecule has 3 N–H and O–H groups in total. The smallest absolute Gasteiger partial charge is 0.262 e. The Kier molecular flexibility index (Phi) is 3.19. The van der Waals surface area contributed by atoms with Crippen molar-refractivity contribution < 1.29 is 9.53 Å². The lowest BCUT2D eigenvalue weighted by Crippen LogP contribution is -2.25. The third-order valence-electron chi connectivity index (χ3n) is 2.29. The summed E-state index contributed by atoms with van der Waals surface area (Å²) in [5.74, 6) is 0.990. The van der Waals surface area contributed by atoms with E-state index in [4.69, 9.17) is 22.1 Å². The van der Waals surface area contributed by atoms with Gasteiger partial charge in [0.15, 0.2) is 6.61 Å². The number of fused-ring (bicyclic) bond motifs is 1. The number of benzene rings is 1. The number of amides is 1. The van der Waals surface area contributed by atoms with Crippen LogP contribution in [0.2, 0.25) is 0 Å². The predicted octanol–water partition coefficient (Wildman–Crippen LogP) is 1.55. The van der Waals surface area contributed by atoms with Crippen LogP contribution in [0, 0.1) is 6.92 Å². The molecule has 0 aromatic heterocycles. The van der Waals surface area contributed by atoms with Gasteiger partial charge in [-0.25, -0.2) is 4.99 Å². The quantitative estimate of drug-likeness (QED) is 0.477. The topological polar surface area (TPSA) is 76.7 Å². The minimum absolute atomic E-state index is 0.0419. The third-order valence-corrected chi connectivity index (χ3v) is 2.56. The van der Waals surface area contributed by atoms with Gasteiger partial charge in [0.1, 0.15) is 11.6 Å². The molecule has 0 bridgehead atoms. The fraction of sp³-hybridized carbons (Fsp3) is 0.273. The molecule has 0 radical (unpaired) electrons. The number of nitrogens with one attached hydrogen (secondary N) is 1. The minimum Gasteiger partial charge on any atom is -0.481 e. The van der Waals surface area contributed by atoms with Gasteiger partial charge in [0, 0.05) is 0 Å². The van der Waals surface area contributed by atoms with Crippen molar-refractivity contribution >= 4 is 34.7 Å². The number of aliphatic imine (C=N–C) groups is 1. The fourth-order valence-electron chi connectivity index (χ4n) is 1.62. The number of aryl methyl sites for hydroxylation is 1. The van der Waals surface area contributed by atoms with Crippen molar-refractivity contribution in [2.75, 3.05) is 17.8 Å². The summed E-state index contributed by atoms with van der Waals surface area (Å²) in [6, 6.07) is 3.54. The molecule has 1 aromatic rings. The van der Waals surface area contributed by atoms with Gasteiger partial charge in [0.05, 0.1) is 17.3 Å². The molecule has 17 heavy (non-hydrogen) atoms. The maximum atomic E-state index is 11.2. The molecule has 0 unspecified atom stereocenters. The highest BCUT2D eigenvalue weighted by molar-refractivity contribution is 6.28. The Morgan fingerprint density at radius 2 is 2.41 bits per heavy atom. The first-order chi connectivity index (χ1) is 8.10. The van der Waals surface area contributed by atoms with Crippen LogP contribution >= 0.6 is 11.6 Å². The number of carbonyl (C=O) groups excluding carboxylic acids is 1. The summed E-state index contributed by atoms with van der Waals surface area (Å²) < 4.78 is 5.33. The summed E-state index contributed by atoms with van der Waals surface area (Å²) >= 11 is 5.56. The fourth-order valence-corrected chi connectivity index (χ4v) is 1.68. The highest BCUT2D eigenvalue weighted by Crippen LogP contribution is 2.35. The zero-order chi connectivity index (χ0) is 12.4. The van der Waals surface area contributed by atoms with Crippen molar-refractivity contribution in [3.05, 3.63) is 17.7 Å². The first-order valence-electron chi connectivity index (χ1n) is 5.06. The zero-order valence-corrected chi connectivity index (χ0v) is 10.0. The number of halogens is 1. The molecule has 0 atom stereocenters. The largest absolute Gasteiger partial charge is 0.481 e. The van der Waals surface area contributed by atoms with E-state index in [0.29, 0.717) is 23.0 Å². The van der Waals surface area contributed by atoms with Gasteiger partial charge >= 0.3 is 0 Å². The predicted molar refractivity (Wildman–Crippen MR) is 67.3 cm³/mol. The van der Waals surface area contributed by atoms with E-state index in [-0.39, 0.29) is 18.4 Å². The van der Waals surface area contributed by atoms with Crippen LogP contribution in [0.25, 0.3) is 0 Å². The lowest BCUT2D eigenvalue weighted by atomic mass is 10.1. The number of nitrogens with zero attached hydrogens (tertiary/aromatic N) is 1. The maximum absolute atomic E-state index is 11.2. The Balaban J connectivity index is 2.42. The Bertz CT molecular complexity index is 500. The Morgan fingerprint density at radius 3 is 3.12 bits per heavy atom. The van der Waals surface area contributed by atoms with Crippen molar-refractivity contribution in [3.8, 4) is 5.75 Å². The molecule has 0 fully saturated rings. The second kappa shape index (κ2) is 4.63. The number of carbonyl (C=O) groups is 1. The van der Waals surface area contributed by atoms with Crippen LogP contribution < -0.4 is 15.8 Å². The molecule has 1 heterocycles. The van der Waals surface area contributed by atoms with Crippen LogP contribution in [-0.2, 0) is 4.79 Å². The summed E-state index contributed by atoms with van der Waals surface area (Å²) in [4.78, 5) is 15.3. The van der Waals surface area contributed by atoms with E-state index in [0.717, 1.165) is 5.56 Å². The van der Waals surface area contributed by atoms with E-state index in [2.05, 4.69) is 10.3 Å². The number of hydrogen-bond acceptors (Lipinski definition) is 3. The number of alkyl halides is 1. The van der Waals surface area contributed by atoms with Crippen molar-refractivity contribution in [3.63, 3.8) is 0 Å².